The molecule has 2 heterocycles. The van der Waals surface area contributed by atoms with Crippen LogP contribution in [0.25, 0.3) is 22.6 Å². The molecule has 2 aromatic heterocycles. The zero-order valence-electron chi connectivity index (χ0n) is 10.9. The van der Waals surface area contributed by atoms with Crippen LogP contribution in [0.2, 0.25) is 10.3 Å². The summed E-state index contributed by atoms with van der Waals surface area (Å²) in [5, 5.41) is 4.50. The smallest absolute Gasteiger partial charge is 0.182 e. The molecule has 0 amide bonds. The second-order valence-corrected chi connectivity index (χ2v) is 5.10. The minimum absolute atomic E-state index is 0.154. The molecule has 0 aliphatic heterocycles. The van der Waals surface area contributed by atoms with Gasteiger partial charge in [0.05, 0.1) is 5.56 Å². The summed E-state index contributed by atoms with van der Waals surface area (Å²) < 4.78 is 14.9. The van der Waals surface area contributed by atoms with Crippen LogP contribution in [0.4, 0.5) is 4.39 Å². The SMILES string of the molecule is Cn1ccc(-c2nc(Cl)c(-c3cccc(F)c3)c(Cl)n2)n1. The molecule has 0 aliphatic rings. The molecule has 106 valence electrons. The molecule has 0 saturated heterocycles. The highest BCUT2D eigenvalue weighted by Crippen LogP contribution is 2.34. The van der Waals surface area contributed by atoms with Crippen molar-refractivity contribution in [2.24, 2.45) is 7.05 Å². The Labute approximate surface area is 130 Å². The van der Waals surface area contributed by atoms with E-state index in [1.165, 1.54) is 12.1 Å². The third kappa shape index (κ3) is 2.75. The normalized spacial score (nSPS) is 10.9. The van der Waals surface area contributed by atoms with Gasteiger partial charge in [0.15, 0.2) is 5.82 Å². The number of nitrogens with zero attached hydrogens (tertiary/aromatic N) is 4. The highest BCUT2D eigenvalue weighted by molar-refractivity contribution is 6.37. The molecular formula is C14H9Cl2FN4. The van der Waals surface area contributed by atoms with Gasteiger partial charge in [0.25, 0.3) is 0 Å². The fourth-order valence-electron chi connectivity index (χ4n) is 1.94. The zero-order chi connectivity index (χ0) is 15.0. The molecule has 3 rings (SSSR count). The molecule has 0 atom stereocenters. The van der Waals surface area contributed by atoms with Gasteiger partial charge < -0.3 is 0 Å². The predicted octanol–water partition coefficient (Wildman–Crippen LogP) is 3.99. The Morgan fingerprint density at radius 1 is 1.10 bits per heavy atom. The van der Waals surface area contributed by atoms with Crippen molar-refractivity contribution < 1.29 is 4.39 Å². The summed E-state index contributed by atoms with van der Waals surface area (Å²) in [6.07, 6.45) is 1.76. The van der Waals surface area contributed by atoms with E-state index in [1.807, 2.05) is 0 Å². The fourth-order valence-corrected chi connectivity index (χ4v) is 2.54. The van der Waals surface area contributed by atoms with E-state index in [0.29, 0.717) is 22.6 Å². The molecule has 0 unspecified atom stereocenters. The minimum atomic E-state index is -0.381. The molecule has 0 aliphatic carbocycles. The molecule has 0 N–H and O–H groups in total. The highest BCUT2D eigenvalue weighted by atomic mass is 35.5. The maximum absolute atomic E-state index is 13.3. The Balaban J connectivity index is 2.12. The summed E-state index contributed by atoms with van der Waals surface area (Å²) in [4.78, 5) is 8.39. The van der Waals surface area contributed by atoms with Crippen LogP contribution in [0.5, 0.6) is 0 Å². The van der Waals surface area contributed by atoms with Crippen molar-refractivity contribution in [3.05, 3.63) is 52.7 Å². The van der Waals surface area contributed by atoms with Gasteiger partial charge in [-0.3, -0.25) is 4.68 Å². The van der Waals surface area contributed by atoms with Gasteiger partial charge in [0.2, 0.25) is 0 Å². The topological polar surface area (TPSA) is 43.6 Å². The van der Waals surface area contributed by atoms with E-state index in [-0.39, 0.29) is 16.1 Å². The Morgan fingerprint density at radius 3 is 2.38 bits per heavy atom. The number of aryl methyl sites for hydroxylation is 1. The first-order chi connectivity index (χ1) is 10.0. The predicted molar refractivity (Wildman–Crippen MR) is 79.6 cm³/mol. The van der Waals surface area contributed by atoms with E-state index >= 15 is 0 Å². The lowest BCUT2D eigenvalue weighted by Gasteiger charge is -2.07. The van der Waals surface area contributed by atoms with Crippen LogP contribution in [-0.4, -0.2) is 19.7 Å². The summed E-state index contributed by atoms with van der Waals surface area (Å²) >= 11 is 12.4. The molecule has 0 saturated carbocycles. The third-order valence-electron chi connectivity index (χ3n) is 2.88. The molecule has 3 aromatic rings. The second kappa shape index (κ2) is 5.42. The summed E-state index contributed by atoms with van der Waals surface area (Å²) in [6.45, 7) is 0. The van der Waals surface area contributed by atoms with Crippen LogP contribution in [0.15, 0.2) is 36.5 Å². The van der Waals surface area contributed by atoms with Crippen molar-refractivity contribution >= 4 is 23.2 Å². The molecule has 0 bridgehead atoms. The molecule has 0 fully saturated rings. The standard InChI is InChI=1S/C14H9Cl2FN4/c1-21-6-5-10(20-21)14-18-12(15)11(13(16)19-14)8-3-2-4-9(17)7-8/h2-7H,1H3. The van der Waals surface area contributed by atoms with Gasteiger partial charge in [-0.1, -0.05) is 35.3 Å². The van der Waals surface area contributed by atoms with Crippen molar-refractivity contribution in [3.63, 3.8) is 0 Å². The van der Waals surface area contributed by atoms with Gasteiger partial charge in [-0.15, -0.1) is 0 Å². The first kappa shape index (κ1) is 14.0. The third-order valence-corrected chi connectivity index (χ3v) is 3.42. The molecule has 7 heteroatoms. The largest absolute Gasteiger partial charge is 0.275 e. The summed E-state index contributed by atoms with van der Waals surface area (Å²) in [5.41, 5.74) is 1.49. The molecular weight excluding hydrogens is 314 g/mol. The molecule has 1 aromatic carbocycles. The minimum Gasteiger partial charge on any atom is -0.275 e. The Kier molecular flexibility index (Phi) is 3.61. The van der Waals surface area contributed by atoms with E-state index in [4.69, 9.17) is 23.2 Å². The van der Waals surface area contributed by atoms with Gasteiger partial charge >= 0.3 is 0 Å². The maximum atomic E-state index is 13.3. The van der Waals surface area contributed by atoms with Gasteiger partial charge in [0, 0.05) is 13.2 Å². The van der Waals surface area contributed by atoms with Gasteiger partial charge in [-0.25, -0.2) is 14.4 Å². The number of hydrogen-bond donors (Lipinski definition) is 0. The average molecular weight is 323 g/mol. The lowest BCUT2D eigenvalue weighted by molar-refractivity contribution is 0.628. The first-order valence-corrected chi connectivity index (χ1v) is 6.79. The number of hydrogen-bond acceptors (Lipinski definition) is 3. The van der Waals surface area contributed by atoms with Crippen molar-refractivity contribution in [3.8, 4) is 22.6 Å². The van der Waals surface area contributed by atoms with Crippen LogP contribution in [0.1, 0.15) is 0 Å². The van der Waals surface area contributed by atoms with E-state index in [0.717, 1.165) is 0 Å². The highest BCUT2D eigenvalue weighted by Gasteiger charge is 2.16. The zero-order valence-corrected chi connectivity index (χ0v) is 12.4. The number of benzene rings is 1. The van der Waals surface area contributed by atoms with Crippen LogP contribution in [0, 0.1) is 5.82 Å². The van der Waals surface area contributed by atoms with E-state index in [2.05, 4.69) is 15.1 Å². The summed E-state index contributed by atoms with van der Waals surface area (Å²) in [6, 6.07) is 7.69. The Hall–Kier alpha value is -1.98. The lowest BCUT2D eigenvalue weighted by atomic mass is 10.1. The monoisotopic (exact) mass is 322 g/mol. The maximum Gasteiger partial charge on any atom is 0.182 e. The van der Waals surface area contributed by atoms with Crippen LogP contribution >= 0.6 is 23.2 Å². The summed E-state index contributed by atoms with van der Waals surface area (Å²) in [7, 11) is 1.79. The Morgan fingerprint density at radius 2 is 1.81 bits per heavy atom. The van der Waals surface area contributed by atoms with Crippen molar-refractivity contribution in [2.45, 2.75) is 0 Å². The van der Waals surface area contributed by atoms with Crippen molar-refractivity contribution in [2.75, 3.05) is 0 Å². The average Bonchev–Trinajstić information content (AvgIpc) is 2.85. The van der Waals surface area contributed by atoms with Gasteiger partial charge in [0.1, 0.15) is 21.8 Å². The van der Waals surface area contributed by atoms with Crippen molar-refractivity contribution in [1.82, 2.24) is 19.7 Å². The molecule has 21 heavy (non-hydrogen) atoms. The van der Waals surface area contributed by atoms with E-state index < -0.39 is 0 Å². The van der Waals surface area contributed by atoms with Crippen LogP contribution in [0.3, 0.4) is 0 Å². The number of halogens is 3. The van der Waals surface area contributed by atoms with Crippen molar-refractivity contribution in [1.29, 1.82) is 0 Å². The summed E-state index contributed by atoms with van der Waals surface area (Å²) in [5.74, 6) is -0.0563. The molecule has 0 spiro atoms. The number of aromatic nitrogens is 4. The van der Waals surface area contributed by atoms with E-state index in [1.54, 1.807) is 36.1 Å². The second-order valence-electron chi connectivity index (χ2n) is 4.39. The first-order valence-electron chi connectivity index (χ1n) is 6.03. The van der Waals surface area contributed by atoms with E-state index in [9.17, 15) is 4.39 Å². The van der Waals surface area contributed by atoms with Gasteiger partial charge in [-0.05, 0) is 23.8 Å². The molecule has 4 nitrogen and oxygen atoms in total. The number of rotatable bonds is 2. The quantitative estimate of drug-likeness (QED) is 0.670. The fraction of sp³-hybridized carbons (Fsp3) is 0.0714. The Bertz CT molecular complexity index is 793. The molecule has 0 radical (unpaired) electrons. The van der Waals surface area contributed by atoms with Gasteiger partial charge in [-0.2, -0.15) is 5.10 Å². The van der Waals surface area contributed by atoms with Crippen LogP contribution < -0.4 is 0 Å². The van der Waals surface area contributed by atoms with Crippen LogP contribution in [-0.2, 0) is 7.05 Å². The lowest BCUT2D eigenvalue weighted by Crippen LogP contribution is -1.96.